The molecule has 112 valence electrons. The Hall–Kier alpha value is -0.910. The van der Waals surface area contributed by atoms with Crippen molar-refractivity contribution in [3.05, 3.63) is 29.8 Å². The predicted molar refractivity (Wildman–Crippen MR) is 81.0 cm³/mol. The number of nitrogens with two attached hydrogens (primary N) is 1. The zero-order valence-corrected chi connectivity index (χ0v) is 12.8. The SMILES string of the molecule is CCc1ccc(S(=O)(=O)NC2CCCCCC2N)cc1. The van der Waals surface area contributed by atoms with Crippen molar-refractivity contribution < 1.29 is 8.42 Å². The summed E-state index contributed by atoms with van der Waals surface area (Å²) in [5.74, 6) is 0. The fourth-order valence-corrected chi connectivity index (χ4v) is 3.98. The first-order valence-electron chi connectivity index (χ1n) is 7.40. The minimum Gasteiger partial charge on any atom is -0.326 e. The number of hydrogen-bond acceptors (Lipinski definition) is 3. The van der Waals surface area contributed by atoms with Crippen LogP contribution in [0.25, 0.3) is 0 Å². The Morgan fingerprint density at radius 2 is 1.80 bits per heavy atom. The van der Waals surface area contributed by atoms with Crippen molar-refractivity contribution >= 4 is 10.0 Å². The molecule has 0 aromatic heterocycles. The zero-order chi connectivity index (χ0) is 14.6. The molecule has 1 saturated carbocycles. The highest BCUT2D eigenvalue weighted by atomic mass is 32.2. The number of benzene rings is 1. The van der Waals surface area contributed by atoms with Gasteiger partial charge in [0, 0.05) is 12.1 Å². The molecule has 1 fully saturated rings. The molecule has 1 aromatic rings. The molecule has 1 aliphatic rings. The Kier molecular flexibility index (Phi) is 5.18. The van der Waals surface area contributed by atoms with E-state index in [1.54, 1.807) is 12.1 Å². The van der Waals surface area contributed by atoms with Crippen LogP contribution in [0.1, 0.15) is 44.6 Å². The van der Waals surface area contributed by atoms with Gasteiger partial charge in [-0.05, 0) is 37.0 Å². The lowest BCUT2D eigenvalue weighted by Gasteiger charge is -2.22. The van der Waals surface area contributed by atoms with Crippen LogP contribution >= 0.6 is 0 Å². The van der Waals surface area contributed by atoms with E-state index in [9.17, 15) is 8.42 Å². The van der Waals surface area contributed by atoms with Gasteiger partial charge in [-0.25, -0.2) is 13.1 Å². The number of hydrogen-bond donors (Lipinski definition) is 2. The van der Waals surface area contributed by atoms with E-state index in [2.05, 4.69) is 4.72 Å². The molecule has 20 heavy (non-hydrogen) atoms. The summed E-state index contributed by atoms with van der Waals surface area (Å²) in [5.41, 5.74) is 7.22. The Bertz CT molecular complexity index is 525. The fraction of sp³-hybridized carbons (Fsp3) is 0.600. The van der Waals surface area contributed by atoms with Crippen molar-refractivity contribution in [2.75, 3.05) is 0 Å². The van der Waals surface area contributed by atoms with Gasteiger partial charge in [0.1, 0.15) is 0 Å². The topological polar surface area (TPSA) is 72.2 Å². The first-order chi connectivity index (χ1) is 9.53. The predicted octanol–water partition coefficient (Wildman–Crippen LogP) is 2.19. The first kappa shape index (κ1) is 15.5. The third kappa shape index (κ3) is 3.81. The van der Waals surface area contributed by atoms with Crippen LogP contribution in [-0.4, -0.2) is 20.5 Å². The number of nitrogens with one attached hydrogen (secondary N) is 1. The number of aryl methyl sites for hydroxylation is 1. The van der Waals surface area contributed by atoms with Crippen LogP contribution in [0.3, 0.4) is 0 Å². The van der Waals surface area contributed by atoms with Gasteiger partial charge in [-0.1, -0.05) is 38.3 Å². The van der Waals surface area contributed by atoms with Crippen LogP contribution in [0.4, 0.5) is 0 Å². The van der Waals surface area contributed by atoms with Crippen molar-refractivity contribution in [2.24, 2.45) is 5.73 Å². The van der Waals surface area contributed by atoms with Crippen LogP contribution in [0.5, 0.6) is 0 Å². The molecule has 0 bridgehead atoms. The molecule has 0 aliphatic heterocycles. The Morgan fingerprint density at radius 3 is 2.45 bits per heavy atom. The zero-order valence-electron chi connectivity index (χ0n) is 12.0. The molecule has 5 heteroatoms. The van der Waals surface area contributed by atoms with E-state index in [4.69, 9.17) is 5.73 Å². The normalized spacial score (nSPS) is 24.3. The second kappa shape index (κ2) is 6.70. The van der Waals surface area contributed by atoms with Gasteiger partial charge in [0.25, 0.3) is 0 Å². The molecule has 0 radical (unpaired) electrons. The van der Waals surface area contributed by atoms with Crippen molar-refractivity contribution in [2.45, 2.75) is 62.4 Å². The van der Waals surface area contributed by atoms with Gasteiger partial charge in [0.05, 0.1) is 4.90 Å². The van der Waals surface area contributed by atoms with Gasteiger partial charge < -0.3 is 5.73 Å². The second-order valence-corrected chi connectivity index (χ2v) is 7.24. The average Bonchev–Trinajstić information content (AvgIpc) is 2.64. The van der Waals surface area contributed by atoms with E-state index in [0.29, 0.717) is 4.90 Å². The molecule has 2 rings (SSSR count). The highest BCUT2D eigenvalue weighted by molar-refractivity contribution is 7.89. The molecule has 4 nitrogen and oxygen atoms in total. The van der Waals surface area contributed by atoms with Gasteiger partial charge in [-0.2, -0.15) is 0 Å². The number of rotatable bonds is 4. The van der Waals surface area contributed by atoms with Crippen molar-refractivity contribution in [1.29, 1.82) is 0 Å². The van der Waals surface area contributed by atoms with Gasteiger partial charge in [0.2, 0.25) is 10.0 Å². The van der Waals surface area contributed by atoms with Crippen LogP contribution in [-0.2, 0) is 16.4 Å². The lowest BCUT2D eigenvalue weighted by Crippen LogP contribution is -2.46. The minimum absolute atomic E-state index is 0.0813. The fourth-order valence-electron chi connectivity index (χ4n) is 2.65. The molecule has 3 N–H and O–H groups in total. The van der Waals surface area contributed by atoms with E-state index < -0.39 is 10.0 Å². The molecule has 1 aliphatic carbocycles. The molecule has 2 unspecified atom stereocenters. The molecule has 2 atom stereocenters. The molecule has 0 saturated heterocycles. The number of sulfonamides is 1. The maximum Gasteiger partial charge on any atom is 0.240 e. The summed E-state index contributed by atoms with van der Waals surface area (Å²) in [6.45, 7) is 2.05. The van der Waals surface area contributed by atoms with E-state index in [-0.39, 0.29) is 12.1 Å². The summed E-state index contributed by atoms with van der Waals surface area (Å²) in [4.78, 5) is 0.325. The summed E-state index contributed by atoms with van der Waals surface area (Å²) in [6.07, 6.45) is 5.88. The van der Waals surface area contributed by atoms with Gasteiger partial charge >= 0.3 is 0 Å². The molecule has 0 amide bonds. The molecule has 1 aromatic carbocycles. The largest absolute Gasteiger partial charge is 0.326 e. The van der Waals surface area contributed by atoms with Gasteiger partial charge in [0.15, 0.2) is 0 Å². The van der Waals surface area contributed by atoms with E-state index in [1.807, 2.05) is 19.1 Å². The maximum atomic E-state index is 12.4. The van der Waals surface area contributed by atoms with Crippen molar-refractivity contribution in [3.63, 3.8) is 0 Å². The van der Waals surface area contributed by atoms with Crippen LogP contribution in [0.15, 0.2) is 29.2 Å². The minimum atomic E-state index is -3.46. The van der Waals surface area contributed by atoms with Crippen molar-refractivity contribution in [3.8, 4) is 0 Å². The quantitative estimate of drug-likeness (QED) is 0.837. The maximum absolute atomic E-state index is 12.4. The third-order valence-corrected chi connectivity index (χ3v) is 5.52. The first-order valence-corrected chi connectivity index (χ1v) is 8.88. The van der Waals surface area contributed by atoms with E-state index in [1.165, 1.54) is 0 Å². The summed E-state index contributed by atoms with van der Waals surface area (Å²) in [7, 11) is -3.46. The summed E-state index contributed by atoms with van der Waals surface area (Å²) < 4.78 is 27.6. The molecule has 0 heterocycles. The standard InChI is InChI=1S/C15H24N2O2S/c1-2-12-8-10-13(11-9-12)20(18,19)17-15-7-5-3-4-6-14(15)16/h8-11,14-15,17H,2-7,16H2,1H3. The lowest BCUT2D eigenvalue weighted by molar-refractivity contribution is 0.456. The van der Waals surface area contributed by atoms with Crippen LogP contribution in [0, 0.1) is 0 Å². The van der Waals surface area contributed by atoms with Gasteiger partial charge in [-0.3, -0.25) is 0 Å². The smallest absolute Gasteiger partial charge is 0.240 e. The lowest BCUT2D eigenvalue weighted by atomic mass is 10.1. The second-order valence-electron chi connectivity index (χ2n) is 5.53. The Labute approximate surface area is 121 Å². The monoisotopic (exact) mass is 296 g/mol. The molecular weight excluding hydrogens is 272 g/mol. The summed E-state index contributed by atoms with van der Waals surface area (Å²) in [5, 5.41) is 0. The summed E-state index contributed by atoms with van der Waals surface area (Å²) >= 11 is 0. The van der Waals surface area contributed by atoms with E-state index >= 15 is 0 Å². The Morgan fingerprint density at radius 1 is 1.15 bits per heavy atom. The molecular formula is C15H24N2O2S. The third-order valence-electron chi connectivity index (χ3n) is 4.02. The molecule has 0 spiro atoms. The Balaban J connectivity index is 2.12. The van der Waals surface area contributed by atoms with E-state index in [0.717, 1.165) is 44.1 Å². The van der Waals surface area contributed by atoms with Crippen LogP contribution < -0.4 is 10.5 Å². The highest BCUT2D eigenvalue weighted by Gasteiger charge is 2.26. The average molecular weight is 296 g/mol. The van der Waals surface area contributed by atoms with Gasteiger partial charge in [-0.15, -0.1) is 0 Å². The summed E-state index contributed by atoms with van der Waals surface area (Å²) in [6, 6.07) is 6.84. The highest BCUT2D eigenvalue weighted by Crippen LogP contribution is 2.19. The van der Waals surface area contributed by atoms with Crippen molar-refractivity contribution in [1.82, 2.24) is 4.72 Å². The van der Waals surface area contributed by atoms with Crippen LogP contribution in [0.2, 0.25) is 0 Å².